The van der Waals surface area contributed by atoms with Gasteiger partial charge in [-0.2, -0.15) is 0 Å². The summed E-state index contributed by atoms with van der Waals surface area (Å²) in [4.78, 5) is 12.3. The van der Waals surface area contributed by atoms with E-state index >= 15 is 0 Å². The maximum atomic E-state index is 12.3. The van der Waals surface area contributed by atoms with Crippen molar-refractivity contribution in [1.29, 1.82) is 0 Å². The molecule has 0 spiro atoms. The number of ether oxygens (including phenoxy) is 1. The van der Waals surface area contributed by atoms with Gasteiger partial charge in [0.2, 0.25) is 0 Å². The number of carbonyl (C=O) groups excluding carboxylic acids is 1. The molecule has 1 aliphatic rings. The Balaban J connectivity index is 1.96. The monoisotopic (exact) mass is 309 g/mol. The van der Waals surface area contributed by atoms with Gasteiger partial charge in [-0.25, -0.2) is 0 Å². The minimum absolute atomic E-state index is 0.0417. The summed E-state index contributed by atoms with van der Waals surface area (Å²) in [5.41, 5.74) is 0.652. The van der Waals surface area contributed by atoms with Crippen molar-refractivity contribution in [3.05, 3.63) is 29.8 Å². The van der Waals surface area contributed by atoms with Gasteiger partial charge in [0.15, 0.2) is 0 Å². The second-order valence-electron chi connectivity index (χ2n) is 5.92. The van der Waals surface area contributed by atoms with Crippen molar-refractivity contribution >= 4 is 17.5 Å². The number of halogens is 1. The summed E-state index contributed by atoms with van der Waals surface area (Å²) in [6.45, 7) is 3.96. The Morgan fingerprint density at radius 3 is 2.52 bits per heavy atom. The second-order valence-corrected chi connectivity index (χ2v) is 6.49. The van der Waals surface area contributed by atoms with Crippen molar-refractivity contribution in [1.82, 2.24) is 5.32 Å². The van der Waals surface area contributed by atoms with E-state index in [4.69, 9.17) is 16.3 Å². The van der Waals surface area contributed by atoms with Crippen molar-refractivity contribution in [2.24, 2.45) is 0 Å². The van der Waals surface area contributed by atoms with Gasteiger partial charge in [-0.1, -0.05) is 19.3 Å². The third-order valence-corrected chi connectivity index (χ3v) is 4.26. The second kappa shape index (κ2) is 7.69. The Hall–Kier alpha value is -1.22. The van der Waals surface area contributed by atoms with Crippen molar-refractivity contribution in [3.63, 3.8) is 0 Å². The van der Waals surface area contributed by atoms with Crippen LogP contribution in [-0.4, -0.2) is 23.4 Å². The molecule has 1 aliphatic carbocycles. The number of nitrogens with one attached hydrogen (secondary N) is 1. The van der Waals surface area contributed by atoms with E-state index in [0.717, 1.165) is 31.4 Å². The predicted octanol–water partition coefficient (Wildman–Crippen LogP) is 4.14. The molecule has 2 rings (SSSR count). The number of rotatable bonds is 4. The van der Waals surface area contributed by atoms with Crippen molar-refractivity contribution < 1.29 is 9.53 Å². The fourth-order valence-electron chi connectivity index (χ4n) is 2.63. The molecule has 2 unspecified atom stereocenters. The topological polar surface area (TPSA) is 38.3 Å². The Kier molecular flexibility index (Phi) is 5.92. The van der Waals surface area contributed by atoms with E-state index < -0.39 is 0 Å². The van der Waals surface area contributed by atoms with Gasteiger partial charge in [-0.3, -0.25) is 4.79 Å². The Morgan fingerprint density at radius 1 is 1.19 bits per heavy atom. The van der Waals surface area contributed by atoms with E-state index in [0.29, 0.717) is 5.56 Å². The first-order valence-corrected chi connectivity index (χ1v) is 8.21. The number of hydrogen-bond acceptors (Lipinski definition) is 2. The number of hydrogen-bond donors (Lipinski definition) is 1. The third-order valence-electron chi connectivity index (χ3n) is 3.74. The average molecular weight is 310 g/mol. The third kappa shape index (κ3) is 4.92. The zero-order chi connectivity index (χ0) is 15.2. The van der Waals surface area contributed by atoms with E-state index in [-0.39, 0.29) is 23.4 Å². The van der Waals surface area contributed by atoms with Crippen molar-refractivity contribution in [2.75, 3.05) is 0 Å². The van der Waals surface area contributed by atoms with Crippen LogP contribution < -0.4 is 10.1 Å². The largest absolute Gasteiger partial charge is 0.491 e. The highest BCUT2D eigenvalue weighted by Crippen LogP contribution is 2.23. The Bertz CT molecular complexity index is 458. The maximum absolute atomic E-state index is 12.3. The smallest absolute Gasteiger partial charge is 0.251 e. The van der Waals surface area contributed by atoms with Gasteiger partial charge >= 0.3 is 0 Å². The zero-order valence-electron chi connectivity index (χ0n) is 12.8. The van der Waals surface area contributed by atoms with Crippen LogP contribution in [0.5, 0.6) is 5.75 Å². The molecular formula is C17H24ClNO2. The van der Waals surface area contributed by atoms with E-state index in [1.165, 1.54) is 6.42 Å². The maximum Gasteiger partial charge on any atom is 0.251 e. The fourth-order valence-corrected chi connectivity index (χ4v) is 2.98. The highest BCUT2D eigenvalue weighted by molar-refractivity contribution is 6.21. The minimum Gasteiger partial charge on any atom is -0.491 e. The van der Waals surface area contributed by atoms with Gasteiger partial charge < -0.3 is 10.1 Å². The van der Waals surface area contributed by atoms with E-state index in [1.54, 1.807) is 12.1 Å². The van der Waals surface area contributed by atoms with Gasteiger partial charge in [-0.15, -0.1) is 11.6 Å². The van der Waals surface area contributed by atoms with Gasteiger partial charge in [0.1, 0.15) is 5.75 Å². The Labute approximate surface area is 132 Å². The van der Waals surface area contributed by atoms with Crippen LogP contribution in [0.1, 0.15) is 56.3 Å². The lowest BCUT2D eigenvalue weighted by molar-refractivity contribution is 0.0934. The summed E-state index contributed by atoms with van der Waals surface area (Å²) in [6, 6.07) is 7.34. The van der Waals surface area contributed by atoms with Crippen LogP contribution in [0.3, 0.4) is 0 Å². The van der Waals surface area contributed by atoms with Gasteiger partial charge in [0.25, 0.3) is 5.91 Å². The summed E-state index contributed by atoms with van der Waals surface area (Å²) >= 11 is 6.37. The first kappa shape index (κ1) is 16.2. The lowest BCUT2D eigenvalue weighted by Gasteiger charge is -2.21. The fraction of sp³-hybridized carbons (Fsp3) is 0.588. The molecular weight excluding hydrogens is 286 g/mol. The summed E-state index contributed by atoms with van der Waals surface area (Å²) in [5.74, 6) is 0.731. The van der Waals surface area contributed by atoms with E-state index in [9.17, 15) is 4.79 Å². The summed E-state index contributed by atoms with van der Waals surface area (Å²) in [5, 5.41) is 3.12. The molecule has 1 N–H and O–H groups in total. The normalized spacial score (nSPS) is 22.7. The van der Waals surface area contributed by atoms with Crippen LogP contribution in [0, 0.1) is 0 Å². The highest BCUT2D eigenvalue weighted by Gasteiger charge is 2.23. The van der Waals surface area contributed by atoms with Gasteiger partial charge in [0, 0.05) is 11.6 Å². The number of amides is 1. The molecule has 0 radical (unpaired) electrons. The lowest BCUT2D eigenvalue weighted by atomic mass is 10.1. The molecule has 0 heterocycles. The zero-order valence-corrected chi connectivity index (χ0v) is 13.5. The van der Waals surface area contributed by atoms with Crippen LogP contribution >= 0.6 is 11.6 Å². The molecule has 1 aromatic carbocycles. The lowest BCUT2D eigenvalue weighted by Crippen LogP contribution is -2.40. The predicted molar refractivity (Wildman–Crippen MR) is 86.2 cm³/mol. The van der Waals surface area contributed by atoms with E-state index in [2.05, 4.69) is 5.32 Å². The quantitative estimate of drug-likeness (QED) is 0.670. The van der Waals surface area contributed by atoms with E-state index in [1.807, 2.05) is 26.0 Å². The van der Waals surface area contributed by atoms with Crippen LogP contribution in [0.15, 0.2) is 24.3 Å². The van der Waals surface area contributed by atoms with Crippen molar-refractivity contribution in [2.45, 2.75) is 63.5 Å². The molecule has 116 valence electrons. The standard InChI is InChI=1S/C17H24ClNO2/c1-12(2)21-14-10-8-13(9-11-14)17(20)19-16-7-5-3-4-6-15(16)18/h8-12,15-16H,3-7H2,1-2H3,(H,19,20). The molecule has 4 heteroatoms. The molecule has 0 aromatic heterocycles. The molecule has 1 amide bonds. The summed E-state index contributed by atoms with van der Waals surface area (Å²) < 4.78 is 5.58. The first-order chi connectivity index (χ1) is 10.1. The van der Waals surface area contributed by atoms with Crippen LogP contribution in [0.25, 0.3) is 0 Å². The first-order valence-electron chi connectivity index (χ1n) is 7.78. The van der Waals surface area contributed by atoms with Crippen LogP contribution in [0.2, 0.25) is 0 Å². The summed E-state index contributed by atoms with van der Waals surface area (Å²) in [6.07, 6.45) is 5.57. The minimum atomic E-state index is -0.0522. The molecule has 1 fully saturated rings. The molecule has 2 atom stereocenters. The molecule has 1 saturated carbocycles. The van der Waals surface area contributed by atoms with Crippen LogP contribution in [0.4, 0.5) is 0 Å². The van der Waals surface area contributed by atoms with Crippen LogP contribution in [-0.2, 0) is 0 Å². The molecule has 3 nitrogen and oxygen atoms in total. The number of carbonyl (C=O) groups is 1. The molecule has 0 bridgehead atoms. The number of alkyl halides is 1. The molecule has 21 heavy (non-hydrogen) atoms. The van der Waals surface area contributed by atoms with Gasteiger partial charge in [-0.05, 0) is 51.0 Å². The summed E-state index contributed by atoms with van der Waals surface area (Å²) in [7, 11) is 0. The van der Waals surface area contributed by atoms with Gasteiger partial charge in [0.05, 0.1) is 11.5 Å². The molecule has 1 aromatic rings. The number of benzene rings is 1. The highest BCUT2D eigenvalue weighted by atomic mass is 35.5. The average Bonchev–Trinajstić information content (AvgIpc) is 2.64. The Morgan fingerprint density at radius 2 is 1.86 bits per heavy atom. The molecule has 0 saturated heterocycles. The SMILES string of the molecule is CC(C)Oc1ccc(C(=O)NC2CCCCCC2Cl)cc1. The van der Waals surface area contributed by atoms with Crippen molar-refractivity contribution in [3.8, 4) is 5.75 Å². The molecule has 0 aliphatic heterocycles.